The molecule has 0 aliphatic rings. The van der Waals surface area contributed by atoms with Crippen molar-refractivity contribution in [2.75, 3.05) is 0 Å². The van der Waals surface area contributed by atoms with Crippen LogP contribution in [0.5, 0.6) is 0 Å². The van der Waals surface area contributed by atoms with Crippen LogP contribution in [0, 0.1) is 0 Å². The van der Waals surface area contributed by atoms with E-state index in [1.807, 2.05) is 6.08 Å². The van der Waals surface area contributed by atoms with E-state index in [1.165, 1.54) is 16.5 Å². The molecule has 272 valence electrons. The first-order chi connectivity index (χ1) is 28.7. The van der Waals surface area contributed by atoms with E-state index in [-0.39, 0.29) is 0 Å². The van der Waals surface area contributed by atoms with E-state index in [2.05, 4.69) is 216 Å². The molecule has 11 aromatic rings. The molecule has 4 nitrogen and oxygen atoms in total. The predicted octanol–water partition coefficient (Wildman–Crippen LogP) is 14.0. The lowest BCUT2D eigenvalue weighted by Gasteiger charge is -2.20. The van der Waals surface area contributed by atoms with Gasteiger partial charge in [-0.2, -0.15) is 0 Å². The van der Waals surface area contributed by atoms with Gasteiger partial charge in [-0.25, -0.2) is 9.97 Å². The summed E-state index contributed by atoms with van der Waals surface area (Å²) in [6.45, 7) is 4.04. The normalized spacial score (nSPS) is 11.5. The molecule has 11 rings (SSSR count). The maximum Gasteiger partial charge on any atom is 0.145 e. The minimum Gasteiger partial charge on any atom is -0.292 e. The molecule has 2 aromatic heterocycles. The van der Waals surface area contributed by atoms with Gasteiger partial charge < -0.3 is 0 Å². The van der Waals surface area contributed by atoms with Gasteiger partial charge in [-0.15, -0.1) is 0 Å². The Morgan fingerprint density at radius 2 is 0.759 bits per heavy atom. The van der Waals surface area contributed by atoms with Crippen LogP contribution in [0.3, 0.4) is 0 Å². The highest BCUT2D eigenvalue weighted by Gasteiger charge is 2.22. The van der Waals surface area contributed by atoms with Crippen molar-refractivity contribution in [3.63, 3.8) is 0 Å². The first-order valence-corrected chi connectivity index (χ1v) is 19.6. The van der Waals surface area contributed by atoms with Crippen molar-refractivity contribution >= 4 is 49.7 Å². The summed E-state index contributed by atoms with van der Waals surface area (Å²) in [6.07, 6.45) is 1.90. The third kappa shape index (κ3) is 5.46. The smallest absolute Gasteiger partial charge is 0.145 e. The predicted molar refractivity (Wildman–Crippen MR) is 243 cm³/mol. The molecular weight excluding hydrogens is 705 g/mol. The summed E-state index contributed by atoms with van der Waals surface area (Å²) in [5.74, 6) is 1.80. The number of rotatable bonds is 7. The number of aromatic nitrogens is 4. The SMILES string of the molecule is C=Cc1ccc(-c2c3ccc(-c4nc5ccccc5n4-c4ccccc4)cc3c(-c3ccccc3)c3ccc(-c4nc5ccccc5n4-c4ccccc4)cc23)cc1. The van der Waals surface area contributed by atoms with Gasteiger partial charge in [0.15, 0.2) is 0 Å². The summed E-state index contributed by atoms with van der Waals surface area (Å²) in [5, 5.41) is 4.65. The molecule has 9 aromatic carbocycles. The second-order valence-electron chi connectivity index (χ2n) is 14.7. The van der Waals surface area contributed by atoms with E-state index in [0.29, 0.717) is 0 Å². The zero-order valence-corrected chi connectivity index (χ0v) is 31.6. The van der Waals surface area contributed by atoms with Crippen LogP contribution in [0.4, 0.5) is 0 Å². The molecule has 0 radical (unpaired) electrons. The van der Waals surface area contributed by atoms with E-state index >= 15 is 0 Å². The maximum absolute atomic E-state index is 5.27. The lowest BCUT2D eigenvalue weighted by Crippen LogP contribution is -1.99. The molecule has 0 saturated heterocycles. The van der Waals surface area contributed by atoms with Crippen LogP contribution >= 0.6 is 0 Å². The van der Waals surface area contributed by atoms with Crippen LogP contribution in [-0.2, 0) is 0 Å². The van der Waals surface area contributed by atoms with Crippen LogP contribution in [0.1, 0.15) is 5.56 Å². The molecule has 0 unspecified atom stereocenters. The first kappa shape index (κ1) is 33.5. The van der Waals surface area contributed by atoms with E-state index in [0.717, 1.165) is 89.1 Å². The van der Waals surface area contributed by atoms with Gasteiger partial charge in [0.25, 0.3) is 0 Å². The summed E-state index contributed by atoms with van der Waals surface area (Å²) in [5.41, 5.74) is 14.0. The van der Waals surface area contributed by atoms with Gasteiger partial charge in [0.05, 0.1) is 22.1 Å². The molecule has 0 spiro atoms. The standard InChI is InChI=1S/C54H36N4/c1-2-36-26-28-38(29-27-36)52-44-33-31-39(53-55-47-22-12-14-24-49(47)57(53)41-18-8-4-9-19-41)34-45(44)51(37-16-6-3-7-17-37)43-32-30-40(35-46(43)52)54-56-48-23-13-15-25-50(48)58(54)42-20-10-5-11-21-42/h2-35H,1H2. The second kappa shape index (κ2) is 13.7. The van der Waals surface area contributed by atoms with Crippen molar-refractivity contribution in [2.45, 2.75) is 0 Å². The molecule has 58 heavy (non-hydrogen) atoms. The van der Waals surface area contributed by atoms with Crippen LogP contribution in [0.15, 0.2) is 207 Å². The van der Waals surface area contributed by atoms with Gasteiger partial charge in [0.1, 0.15) is 11.6 Å². The Balaban J connectivity index is 1.24. The van der Waals surface area contributed by atoms with Gasteiger partial charge in [0.2, 0.25) is 0 Å². The fourth-order valence-corrected chi connectivity index (χ4v) is 8.64. The Bertz CT molecular complexity index is 3320. The summed E-state index contributed by atoms with van der Waals surface area (Å²) in [7, 11) is 0. The molecular formula is C54H36N4. The summed E-state index contributed by atoms with van der Waals surface area (Å²) < 4.78 is 4.55. The largest absolute Gasteiger partial charge is 0.292 e. The molecule has 0 saturated carbocycles. The fraction of sp³-hybridized carbons (Fsp3) is 0. The van der Waals surface area contributed by atoms with Crippen LogP contribution in [-0.4, -0.2) is 19.1 Å². The molecule has 4 heteroatoms. The van der Waals surface area contributed by atoms with Crippen molar-refractivity contribution in [3.05, 3.63) is 212 Å². The zero-order valence-electron chi connectivity index (χ0n) is 31.6. The highest BCUT2D eigenvalue weighted by Crippen LogP contribution is 2.46. The van der Waals surface area contributed by atoms with Gasteiger partial charge >= 0.3 is 0 Å². The minimum atomic E-state index is 0.902. The number of fused-ring (bicyclic) bond motifs is 4. The number of nitrogens with zero attached hydrogens (tertiary/aromatic N) is 4. The molecule has 0 atom stereocenters. The van der Waals surface area contributed by atoms with E-state index in [4.69, 9.17) is 9.97 Å². The molecule has 0 amide bonds. The number of benzene rings is 9. The molecule has 0 fully saturated rings. The highest BCUT2D eigenvalue weighted by molar-refractivity contribution is 6.22. The minimum absolute atomic E-state index is 0.902. The average Bonchev–Trinajstić information content (AvgIpc) is 3.88. The number of imidazole rings is 2. The highest BCUT2D eigenvalue weighted by atomic mass is 15.1. The Labute approximate surface area is 336 Å². The van der Waals surface area contributed by atoms with Crippen molar-refractivity contribution in [3.8, 4) is 56.4 Å². The Kier molecular flexibility index (Phi) is 7.93. The molecule has 0 aliphatic carbocycles. The quantitative estimate of drug-likeness (QED) is 0.153. The van der Waals surface area contributed by atoms with Crippen LogP contribution in [0.2, 0.25) is 0 Å². The van der Waals surface area contributed by atoms with Crippen LogP contribution < -0.4 is 0 Å². The fourth-order valence-electron chi connectivity index (χ4n) is 8.64. The summed E-state index contributed by atoms with van der Waals surface area (Å²) in [6, 6.07) is 71.1. The average molecular weight is 741 g/mol. The Morgan fingerprint density at radius 1 is 0.362 bits per heavy atom. The summed E-state index contributed by atoms with van der Waals surface area (Å²) >= 11 is 0. The maximum atomic E-state index is 5.27. The van der Waals surface area contributed by atoms with Crippen molar-refractivity contribution in [1.29, 1.82) is 0 Å². The van der Waals surface area contributed by atoms with Gasteiger partial charge in [0, 0.05) is 22.5 Å². The number of para-hydroxylation sites is 6. The monoisotopic (exact) mass is 740 g/mol. The van der Waals surface area contributed by atoms with E-state index in [9.17, 15) is 0 Å². The third-order valence-electron chi connectivity index (χ3n) is 11.3. The molecule has 0 bridgehead atoms. The van der Waals surface area contributed by atoms with Crippen molar-refractivity contribution in [1.82, 2.24) is 19.1 Å². The molecule has 0 N–H and O–H groups in total. The molecule has 2 heterocycles. The third-order valence-corrected chi connectivity index (χ3v) is 11.3. The lowest BCUT2D eigenvalue weighted by molar-refractivity contribution is 1.10. The summed E-state index contributed by atoms with van der Waals surface area (Å²) in [4.78, 5) is 10.5. The van der Waals surface area contributed by atoms with Gasteiger partial charge in [-0.3, -0.25) is 9.13 Å². The second-order valence-corrected chi connectivity index (χ2v) is 14.7. The molecule has 0 aliphatic heterocycles. The Hall–Kier alpha value is -7.82. The van der Waals surface area contributed by atoms with E-state index < -0.39 is 0 Å². The van der Waals surface area contributed by atoms with E-state index in [1.54, 1.807) is 0 Å². The van der Waals surface area contributed by atoms with Gasteiger partial charge in [-0.1, -0.05) is 152 Å². The van der Waals surface area contributed by atoms with Crippen molar-refractivity contribution < 1.29 is 0 Å². The van der Waals surface area contributed by atoms with Crippen molar-refractivity contribution in [2.24, 2.45) is 0 Å². The zero-order chi connectivity index (χ0) is 38.6. The lowest BCUT2D eigenvalue weighted by atomic mass is 9.84. The topological polar surface area (TPSA) is 35.6 Å². The number of hydrogen-bond donors (Lipinski definition) is 0. The van der Waals surface area contributed by atoms with Gasteiger partial charge in [-0.05, 0) is 110 Å². The Morgan fingerprint density at radius 3 is 1.22 bits per heavy atom. The first-order valence-electron chi connectivity index (χ1n) is 19.6. The number of hydrogen-bond acceptors (Lipinski definition) is 2. The van der Waals surface area contributed by atoms with Crippen LogP contribution in [0.25, 0.3) is 106 Å².